The van der Waals surface area contributed by atoms with E-state index in [9.17, 15) is 0 Å². The highest BCUT2D eigenvalue weighted by Gasteiger charge is 2.29. The van der Waals surface area contributed by atoms with Crippen LogP contribution in [0.15, 0.2) is 24.3 Å². The van der Waals surface area contributed by atoms with Gasteiger partial charge in [-0.2, -0.15) is 0 Å². The summed E-state index contributed by atoms with van der Waals surface area (Å²) in [7, 11) is 0. The molecule has 2 heterocycles. The molecule has 2 aliphatic carbocycles. The quantitative estimate of drug-likeness (QED) is 0.640. The average Bonchev–Trinajstić information content (AvgIpc) is 3.35. The molecule has 1 saturated carbocycles. The highest BCUT2D eigenvalue weighted by Crippen LogP contribution is 2.43. The number of hydrogen-bond donors (Lipinski definition) is 1. The molecule has 5 rings (SSSR count). The van der Waals surface area contributed by atoms with Gasteiger partial charge in [0, 0.05) is 21.5 Å². The van der Waals surface area contributed by atoms with Gasteiger partial charge in [-0.1, -0.05) is 17.7 Å². The Morgan fingerprint density at radius 1 is 1.12 bits per heavy atom. The Morgan fingerprint density at radius 2 is 2.00 bits per heavy atom. The maximum atomic E-state index is 6.14. The number of nitrogens with one attached hydrogen (secondary N) is 1. The van der Waals surface area contributed by atoms with Crippen molar-refractivity contribution in [3.63, 3.8) is 0 Å². The van der Waals surface area contributed by atoms with E-state index < -0.39 is 0 Å². The van der Waals surface area contributed by atoms with Gasteiger partial charge >= 0.3 is 0 Å². The van der Waals surface area contributed by atoms with E-state index in [2.05, 4.69) is 5.32 Å². The summed E-state index contributed by atoms with van der Waals surface area (Å²) in [5.74, 6) is 2.52. The van der Waals surface area contributed by atoms with Crippen molar-refractivity contribution < 1.29 is 0 Å². The van der Waals surface area contributed by atoms with Crippen LogP contribution >= 0.6 is 22.9 Å². The first-order chi connectivity index (χ1) is 11.8. The first-order valence-electron chi connectivity index (χ1n) is 8.63. The Labute approximate surface area is 150 Å². The molecule has 24 heavy (non-hydrogen) atoms. The van der Waals surface area contributed by atoms with E-state index in [1.165, 1.54) is 47.9 Å². The fourth-order valence-corrected chi connectivity index (χ4v) is 4.95. The molecule has 0 spiro atoms. The zero-order chi connectivity index (χ0) is 16.1. The Morgan fingerprint density at radius 3 is 2.83 bits per heavy atom. The standard InChI is InChI=1S/C19H18ClN3S/c20-12-4-3-5-13(10-12)21-18-16-14-6-1-2-7-15(14)24-19(16)23-17(22-18)11-8-9-11/h3-5,10-11H,1-2,6-9H2,(H,21,22,23). The lowest BCUT2D eigenvalue weighted by molar-refractivity contribution is 0.700. The van der Waals surface area contributed by atoms with E-state index in [0.29, 0.717) is 5.92 Å². The van der Waals surface area contributed by atoms with Crippen molar-refractivity contribution >= 4 is 44.7 Å². The van der Waals surface area contributed by atoms with Gasteiger partial charge in [0.05, 0.1) is 5.39 Å². The van der Waals surface area contributed by atoms with Crippen molar-refractivity contribution in [3.05, 3.63) is 45.6 Å². The van der Waals surface area contributed by atoms with E-state index in [4.69, 9.17) is 21.6 Å². The summed E-state index contributed by atoms with van der Waals surface area (Å²) in [5, 5.41) is 5.49. The van der Waals surface area contributed by atoms with Gasteiger partial charge in [0.25, 0.3) is 0 Å². The predicted octanol–water partition coefficient (Wildman–Crippen LogP) is 5.84. The van der Waals surface area contributed by atoms with Crippen LogP contribution in [0.3, 0.4) is 0 Å². The van der Waals surface area contributed by atoms with Crippen LogP contribution in [0.1, 0.15) is 47.9 Å². The monoisotopic (exact) mass is 355 g/mol. The number of nitrogens with zero attached hydrogens (tertiary/aromatic N) is 2. The van der Waals surface area contributed by atoms with Crippen LogP contribution in [-0.2, 0) is 12.8 Å². The third-order valence-corrected chi connectivity index (χ3v) is 6.28. The van der Waals surface area contributed by atoms with E-state index in [-0.39, 0.29) is 0 Å². The third kappa shape index (κ3) is 2.58. The molecule has 1 fully saturated rings. The lowest BCUT2D eigenvalue weighted by atomic mass is 9.97. The summed E-state index contributed by atoms with van der Waals surface area (Å²) in [5.41, 5.74) is 2.45. The second kappa shape index (κ2) is 5.71. The van der Waals surface area contributed by atoms with Crippen LogP contribution in [0.2, 0.25) is 5.02 Å². The van der Waals surface area contributed by atoms with Crippen molar-refractivity contribution in [2.45, 2.75) is 44.4 Å². The maximum absolute atomic E-state index is 6.14. The largest absolute Gasteiger partial charge is 0.340 e. The molecule has 0 saturated heterocycles. The van der Waals surface area contributed by atoms with Gasteiger partial charge < -0.3 is 5.32 Å². The number of halogens is 1. The molecule has 3 aromatic rings. The lowest BCUT2D eigenvalue weighted by Crippen LogP contribution is -2.03. The number of thiophene rings is 1. The minimum absolute atomic E-state index is 0.549. The Kier molecular flexibility index (Phi) is 3.49. The topological polar surface area (TPSA) is 37.8 Å². The average molecular weight is 356 g/mol. The molecular formula is C19H18ClN3S. The van der Waals surface area contributed by atoms with Gasteiger partial charge in [-0.3, -0.25) is 0 Å². The molecule has 2 aromatic heterocycles. The summed E-state index contributed by atoms with van der Waals surface area (Å²) < 4.78 is 0. The molecule has 3 nitrogen and oxygen atoms in total. The van der Waals surface area contributed by atoms with Crippen LogP contribution in [0, 0.1) is 0 Å². The van der Waals surface area contributed by atoms with E-state index in [1.807, 2.05) is 35.6 Å². The van der Waals surface area contributed by atoms with Crippen LogP contribution in [0.4, 0.5) is 11.5 Å². The Balaban J connectivity index is 1.67. The second-order valence-corrected chi connectivity index (χ2v) is 8.25. The van der Waals surface area contributed by atoms with Crippen LogP contribution < -0.4 is 5.32 Å². The van der Waals surface area contributed by atoms with Gasteiger partial charge in [-0.25, -0.2) is 9.97 Å². The number of hydrogen-bond acceptors (Lipinski definition) is 4. The molecule has 0 amide bonds. The molecular weight excluding hydrogens is 338 g/mol. The number of aromatic nitrogens is 2. The first-order valence-corrected chi connectivity index (χ1v) is 9.82. The molecule has 0 bridgehead atoms. The van der Waals surface area contributed by atoms with Crippen LogP contribution in [0.5, 0.6) is 0 Å². The zero-order valence-electron chi connectivity index (χ0n) is 13.3. The van der Waals surface area contributed by atoms with Crippen molar-refractivity contribution in [1.29, 1.82) is 0 Å². The maximum Gasteiger partial charge on any atom is 0.143 e. The van der Waals surface area contributed by atoms with Crippen LogP contribution in [-0.4, -0.2) is 9.97 Å². The summed E-state index contributed by atoms with van der Waals surface area (Å²) in [4.78, 5) is 12.5. The normalized spacial score (nSPS) is 17.0. The minimum Gasteiger partial charge on any atom is -0.340 e. The molecule has 5 heteroatoms. The highest BCUT2D eigenvalue weighted by molar-refractivity contribution is 7.19. The fourth-order valence-electron chi connectivity index (χ4n) is 3.49. The van der Waals surface area contributed by atoms with E-state index >= 15 is 0 Å². The van der Waals surface area contributed by atoms with Crippen molar-refractivity contribution in [3.8, 4) is 0 Å². The van der Waals surface area contributed by atoms with Crippen molar-refractivity contribution in [1.82, 2.24) is 9.97 Å². The molecule has 0 aliphatic heterocycles. The molecule has 0 atom stereocenters. The number of aryl methyl sites for hydroxylation is 2. The second-order valence-electron chi connectivity index (χ2n) is 6.73. The highest BCUT2D eigenvalue weighted by atomic mass is 35.5. The number of fused-ring (bicyclic) bond motifs is 3. The summed E-state index contributed by atoms with van der Waals surface area (Å²) >= 11 is 8.01. The Bertz CT molecular complexity index is 930. The SMILES string of the molecule is Clc1cccc(Nc2nc(C3CC3)nc3sc4c(c23)CCCC4)c1. The fraction of sp³-hybridized carbons (Fsp3) is 0.368. The van der Waals surface area contributed by atoms with E-state index in [1.54, 1.807) is 0 Å². The predicted molar refractivity (Wildman–Crippen MR) is 101 cm³/mol. The lowest BCUT2D eigenvalue weighted by Gasteiger charge is -2.13. The van der Waals surface area contributed by atoms with E-state index in [0.717, 1.165) is 33.6 Å². The van der Waals surface area contributed by atoms with Crippen molar-refractivity contribution in [2.24, 2.45) is 0 Å². The van der Waals surface area contributed by atoms with Gasteiger partial charge in [-0.15, -0.1) is 11.3 Å². The number of benzene rings is 1. The van der Waals surface area contributed by atoms with Crippen LogP contribution in [0.25, 0.3) is 10.2 Å². The summed E-state index contributed by atoms with van der Waals surface area (Å²) in [6, 6.07) is 7.85. The van der Waals surface area contributed by atoms with Crippen molar-refractivity contribution in [2.75, 3.05) is 5.32 Å². The molecule has 2 aliphatic rings. The Hall–Kier alpha value is -1.65. The van der Waals surface area contributed by atoms with Gasteiger partial charge in [0.1, 0.15) is 16.5 Å². The van der Waals surface area contributed by atoms with Gasteiger partial charge in [0.15, 0.2) is 0 Å². The molecule has 0 unspecified atom stereocenters. The molecule has 0 radical (unpaired) electrons. The zero-order valence-corrected chi connectivity index (χ0v) is 14.9. The summed E-state index contributed by atoms with van der Waals surface area (Å²) in [6.07, 6.45) is 7.32. The van der Waals surface area contributed by atoms with Gasteiger partial charge in [0.2, 0.25) is 0 Å². The molecule has 1 aromatic carbocycles. The minimum atomic E-state index is 0.549. The third-order valence-electron chi connectivity index (χ3n) is 4.86. The smallest absolute Gasteiger partial charge is 0.143 e. The molecule has 1 N–H and O–H groups in total. The molecule has 122 valence electrons. The van der Waals surface area contributed by atoms with Gasteiger partial charge in [-0.05, 0) is 62.3 Å². The first kappa shape index (κ1) is 14.7. The summed E-state index contributed by atoms with van der Waals surface area (Å²) in [6.45, 7) is 0. The number of anilines is 2. The number of rotatable bonds is 3.